The van der Waals surface area contributed by atoms with Crippen molar-refractivity contribution < 1.29 is 4.52 Å². The van der Waals surface area contributed by atoms with Gasteiger partial charge in [0.25, 0.3) is 0 Å². The van der Waals surface area contributed by atoms with Crippen molar-refractivity contribution >= 4 is 15.9 Å². The van der Waals surface area contributed by atoms with Crippen LogP contribution in [0.3, 0.4) is 0 Å². The largest absolute Gasteiger partial charge is 0.339 e. The SMILES string of the molecule is CCCc1nc(C(N)c2ccc(Br)cc2)no1. The Balaban J connectivity index is 2.18. The number of halogens is 1. The summed E-state index contributed by atoms with van der Waals surface area (Å²) >= 11 is 3.38. The zero-order valence-electron chi connectivity index (χ0n) is 9.56. The second-order valence-electron chi connectivity index (χ2n) is 3.83. The van der Waals surface area contributed by atoms with E-state index in [0.717, 1.165) is 22.9 Å². The summed E-state index contributed by atoms with van der Waals surface area (Å²) in [5.74, 6) is 1.19. The Kier molecular flexibility index (Phi) is 3.91. The first-order valence-corrected chi connectivity index (χ1v) is 6.33. The highest BCUT2D eigenvalue weighted by molar-refractivity contribution is 9.10. The first-order valence-electron chi connectivity index (χ1n) is 5.54. The van der Waals surface area contributed by atoms with Crippen molar-refractivity contribution in [3.8, 4) is 0 Å². The summed E-state index contributed by atoms with van der Waals surface area (Å²) in [5, 5.41) is 3.91. The molecule has 1 aromatic heterocycles. The molecule has 0 fully saturated rings. The number of nitrogens with two attached hydrogens (primary N) is 1. The van der Waals surface area contributed by atoms with Gasteiger partial charge in [0.2, 0.25) is 5.89 Å². The van der Waals surface area contributed by atoms with Gasteiger partial charge in [-0.3, -0.25) is 0 Å². The maximum absolute atomic E-state index is 6.08. The van der Waals surface area contributed by atoms with Gasteiger partial charge in [0, 0.05) is 10.9 Å². The fraction of sp³-hybridized carbons (Fsp3) is 0.333. The van der Waals surface area contributed by atoms with Crippen LogP contribution in [-0.4, -0.2) is 10.1 Å². The van der Waals surface area contributed by atoms with Crippen molar-refractivity contribution in [1.29, 1.82) is 0 Å². The summed E-state index contributed by atoms with van der Waals surface area (Å²) in [6.45, 7) is 2.07. The maximum atomic E-state index is 6.08. The summed E-state index contributed by atoms with van der Waals surface area (Å²) in [6.07, 6.45) is 1.77. The lowest BCUT2D eigenvalue weighted by Gasteiger charge is -2.06. The molecule has 1 atom stereocenters. The van der Waals surface area contributed by atoms with E-state index >= 15 is 0 Å². The average Bonchev–Trinajstić information content (AvgIpc) is 2.78. The van der Waals surface area contributed by atoms with Gasteiger partial charge in [-0.1, -0.05) is 40.1 Å². The van der Waals surface area contributed by atoms with Gasteiger partial charge < -0.3 is 10.3 Å². The molecule has 4 nitrogen and oxygen atoms in total. The Labute approximate surface area is 108 Å². The lowest BCUT2D eigenvalue weighted by Crippen LogP contribution is -2.13. The molecule has 0 saturated heterocycles. The lowest BCUT2D eigenvalue weighted by atomic mass is 10.1. The minimum Gasteiger partial charge on any atom is -0.339 e. The van der Waals surface area contributed by atoms with Crippen molar-refractivity contribution in [2.24, 2.45) is 5.73 Å². The molecule has 0 spiro atoms. The van der Waals surface area contributed by atoms with Gasteiger partial charge >= 0.3 is 0 Å². The third-order valence-corrected chi connectivity index (χ3v) is 2.98. The van der Waals surface area contributed by atoms with Crippen molar-refractivity contribution in [3.05, 3.63) is 46.0 Å². The fourth-order valence-corrected chi connectivity index (χ4v) is 1.79. The molecule has 0 aliphatic rings. The Morgan fingerprint density at radius 3 is 2.71 bits per heavy atom. The van der Waals surface area contributed by atoms with Gasteiger partial charge in [-0.25, -0.2) is 0 Å². The Bertz CT molecular complexity index is 481. The van der Waals surface area contributed by atoms with Crippen LogP contribution >= 0.6 is 15.9 Å². The molecule has 0 amide bonds. The number of hydrogen-bond acceptors (Lipinski definition) is 4. The zero-order chi connectivity index (χ0) is 12.3. The summed E-state index contributed by atoms with van der Waals surface area (Å²) in [7, 11) is 0. The standard InChI is InChI=1S/C12H14BrN3O/c1-2-3-10-15-12(16-17-10)11(14)8-4-6-9(13)7-5-8/h4-7,11H,2-3,14H2,1H3. The molecular weight excluding hydrogens is 282 g/mol. The molecule has 1 aromatic carbocycles. The van der Waals surface area contributed by atoms with Gasteiger partial charge in [0.1, 0.15) is 0 Å². The maximum Gasteiger partial charge on any atom is 0.226 e. The molecule has 2 N–H and O–H groups in total. The first-order chi connectivity index (χ1) is 8.20. The van der Waals surface area contributed by atoms with Crippen LogP contribution in [0.25, 0.3) is 0 Å². The van der Waals surface area contributed by atoms with Crippen LogP contribution in [0.15, 0.2) is 33.3 Å². The van der Waals surface area contributed by atoms with Crippen LogP contribution in [0, 0.1) is 0 Å². The smallest absolute Gasteiger partial charge is 0.226 e. The summed E-state index contributed by atoms with van der Waals surface area (Å²) in [5.41, 5.74) is 7.05. The second-order valence-corrected chi connectivity index (χ2v) is 4.74. The Morgan fingerprint density at radius 2 is 2.06 bits per heavy atom. The third-order valence-electron chi connectivity index (χ3n) is 2.45. The van der Waals surface area contributed by atoms with Crippen molar-refractivity contribution in [1.82, 2.24) is 10.1 Å². The molecule has 5 heteroatoms. The van der Waals surface area contributed by atoms with Crippen molar-refractivity contribution in [2.45, 2.75) is 25.8 Å². The predicted octanol–water partition coefficient (Wildman–Crippen LogP) is 2.83. The number of aryl methyl sites for hydroxylation is 1. The van der Waals surface area contributed by atoms with Crippen molar-refractivity contribution in [3.63, 3.8) is 0 Å². The molecule has 0 bridgehead atoms. The molecule has 2 aromatic rings. The molecule has 2 rings (SSSR count). The average molecular weight is 296 g/mol. The third kappa shape index (κ3) is 2.92. The van der Waals surface area contributed by atoms with E-state index in [4.69, 9.17) is 10.3 Å². The minimum absolute atomic E-state index is 0.336. The van der Waals surface area contributed by atoms with E-state index in [1.807, 2.05) is 24.3 Å². The summed E-state index contributed by atoms with van der Waals surface area (Å²) < 4.78 is 6.14. The number of nitrogens with zero attached hydrogens (tertiary/aromatic N) is 2. The lowest BCUT2D eigenvalue weighted by molar-refractivity contribution is 0.370. The van der Waals surface area contributed by atoms with Crippen LogP contribution in [0.2, 0.25) is 0 Å². The second kappa shape index (κ2) is 5.42. The molecule has 0 aliphatic carbocycles. The number of aromatic nitrogens is 2. The monoisotopic (exact) mass is 295 g/mol. The Hall–Kier alpha value is -1.20. The van der Waals surface area contributed by atoms with Crippen LogP contribution in [0.1, 0.15) is 36.7 Å². The van der Waals surface area contributed by atoms with Crippen LogP contribution in [0.5, 0.6) is 0 Å². The topological polar surface area (TPSA) is 64.9 Å². The molecule has 0 saturated carbocycles. The zero-order valence-corrected chi connectivity index (χ0v) is 11.1. The van der Waals surface area contributed by atoms with Crippen LogP contribution in [-0.2, 0) is 6.42 Å². The predicted molar refractivity (Wildman–Crippen MR) is 68.5 cm³/mol. The highest BCUT2D eigenvalue weighted by atomic mass is 79.9. The highest BCUT2D eigenvalue weighted by Crippen LogP contribution is 2.19. The van der Waals surface area contributed by atoms with Gasteiger partial charge in [-0.05, 0) is 24.1 Å². The molecule has 1 heterocycles. The van der Waals surface area contributed by atoms with Crippen LogP contribution < -0.4 is 5.73 Å². The van der Waals surface area contributed by atoms with Gasteiger partial charge in [0.15, 0.2) is 5.82 Å². The molecule has 90 valence electrons. The number of rotatable bonds is 4. The first kappa shape index (κ1) is 12.3. The quantitative estimate of drug-likeness (QED) is 0.942. The molecule has 1 unspecified atom stereocenters. The van der Waals surface area contributed by atoms with E-state index in [1.54, 1.807) is 0 Å². The highest BCUT2D eigenvalue weighted by Gasteiger charge is 2.15. The number of benzene rings is 1. The normalized spacial score (nSPS) is 12.6. The fourth-order valence-electron chi connectivity index (χ4n) is 1.53. The van der Waals surface area contributed by atoms with E-state index in [0.29, 0.717) is 11.7 Å². The molecule has 0 aliphatic heterocycles. The van der Waals surface area contributed by atoms with Gasteiger partial charge in [0.05, 0.1) is 6.04 Å². The molecule has 17 heavy (non-hydrogen) atoms. The van der Waals surface area contributed by atoms with Crippen LogP contribution in [0.4, 0.5) is 0 Å². The molecule has 0 radical (unpaired) electrons. The number of hydrogen-bond donors (Lipinski definition) is 1. The van der Waals surface area contributed by atoms with Gasteiger partial charge in [-0.2, -0.15) is 4.98 Å². The van der Waals surface area contributed by atoms with E-state index in [9.17, 15) is 0 Å². The summed E-state index contributed by atoms with van der Waals surface area (Å²) in [4.78, 5) is 4.28. The van der Waals surface area contributed by atoms with E-state index < -0.39 is 0 Å². The Morgan fingerprint density at radius 1 is 1.35 bits per heavy atom. The summed E-state index contributed by atoms with van der Waals surface area (Å²) in [6, 6.07) is 7.46. The van der Waals surface area contributed by atoms with E-state index in [1.165, 1.54) is 0 Å². The van der Waals surface area contributed by atoms with E-state index in [2.05, 4.69) is 33.0 Å². The molecular formula is C12H14BrN3O. The minimum atomic E-state index is -0.336. The van der Waals surface area contributed by atoms with Crippen molar-refractivity contribution in [2.75, 3.05) is 0 Å². The van der Waals surface area contributed by atoms with E-state index in [-0.39, 0.29) is 6.04 Å². The van der Waals surface area contributed by atoms with Gasteiger partial charge in [-0.15, -0.1) is 0 Å².